The van der Waals surface area contributed by atoms with E-state index in [0.717, 1.165) is 11.8 Å². The fraction of sp³-hybridized carbons (Fsp3) is 0. The smallest absolute Gasteiger partial charge is 0.182 e. The molecule has 18 heavy (non-hydrogen) atoms. The number of hydrogen-bond acceptors (Lipinski definition) is 3. The lowest BCUT2D eigenvalue weighted by Gasteiger charge is -1.93. The van der Waals surface area contributed by atoms with Gasteiger partial charge in [-0.2, -0.15) is 0 Å². The molecule has 0 saturated carbocycles. The van der Waals surface area contributed by atoms with Crippen molar-refractivity contribution in [3.63, 3.8) is 0 Å². The highest BCUT2D eigenvalue weighted by Gasteiger charge is 2.08. The average Bonchev–Trinajstić information content (AvgIpc) is 2.83. The van der Waals surface area contributed by atoms with Gasteiger partial charge >= 0.3 is 0 Å². The number of rotatable bonds is 2. The van der Waals surface area contributed by atoms with E-state index in [9.17, 15) is 4.79 Å². The third-order valence-corrected chi connectivity index (χ3v) is 2.87. The number of fused-ring (bicyclic) bond motifs is 1. The molecule has 3 aromatic rings. The number of pyridine rings is 1. The lowest BCUT2D eigenvalue weighted by molar-refractivity contribution is 0.112. The van der Waals surface area contributed by atoms with Crippen molar-refractivity contribution in [1.82, 2.24) is 14.6 Å². The van der Waals surface area contributed by atoms with Gasteiger partial charge in [-0.3, -0.25) is 4.79 Å². The van der Waals surface area contributed by atoms with Crippen LogP contribution >= 0.6 is 11.6 Å². The fourth-order valence-electron chi connectivity index (χ4n) is 1.74. The lowest BCUT2D eigenvalue weighted by Crippen LogP contribution is -1.90. The lowest BCUT2D eigenvalue weighted by atomic mass is 10.2. The predicted octanol–water partition coefficient (Wildman–Crippen LogP) is 2.86. The van der Waals surface area contributed by atoms with Crippen LogP contribution in [0.2, 0.25) is 5.02 Å². The van der Waals surface area contributed by atoms with Crippen molar-refractivity contribution in [2.45, 2.75) is 0 Å². The minimum absolute atomic E-state index is 0.519. The van der Waals surface area contributed by atoms with Gasteiger partial charge in [0.1, 0.15) is 0 Å². The summed E-state index contributed by atoms with van der Waals surface area (Å²) in [7, 11) is 0. The molecule has 1 aromatic carbocycles. The van der Waals surface area contributed by atoms with Crippen LogP contribution in [0.3, 0.4) is 0 Å². The maximum Gasteiger partial charge on any atom is 0.182 e. The van der Waals surface area contributed by atoms with Gasteiger partial charge in [0, 0.05) is 16.8 Å². The van der Waals surface area contributed by atoms with E-state index >= 15 is 0 Å². The molecule has 5 heteroatoms. The minimum atomic E-state index is 0.519. The van der Waals surface area contributed by atoms with Gasteiger partial charge in [0.2, 0.25) is 0 Å². The molecule has 0 saturated heterocycles. The van der Waals surface area contributed by atoms with E-state index in [2.05, 4.69) is 10.1 Å². The molecule has 0 N–H and O–H groups in total. The van der Waals surface area contributed by atoms with Crippen LogP contribution in [0.5, 0.6) is 0 Å². The highest BCUT2D eigenvalue weighted by atomic mass is 35.5. The average molecular weight is 258 g/mol. The van der Waals surface area contributed by atoms with E-state index in [1.54, 1.807) is 35.0 Å². The quantitative estimate of drug-likeness (QED) is 0.663. The number of nitrogens with zero attached hydrogens (tertiary/aromatic N) is 3. The van der Waals surface area contributed by atoms with Crippen molar-refractivity contribution in [2.75, 3.05) is 0 Å². The molecule has 88 valence electrons. The van der Waals surface area contributed by atoms with Crippen LogP contribution in [0, 0.1) is 0 Å². The number of hydrogen-bond donors (Lipinski definition) is 0. The third kappa shape index (κ3) is 1.76. The van der Waals surface area contributed by atoms with Crippen molar-refractivity contribution in [3.8, 4) is 11.4 Å². The molecule has 0 radical (unpaired) electrons. The van der Waals surface area contributed by atoms with Crippen LogP contribution in [-0.2, 0) is 0 Å². The van der Waals surface area contributed by atoms with Crippen LogP contribution in [0.25, 0.3) is 17.0 Å². The largest absolute Gasteiger partial charge is 0.298 e. The van der Waals surface area contributed by atoms with Gasteiger partial charge in [0.05, 0.1) is 5.56 Å². The predicted molar refractivity (Wildman–Crippen MR) is 68.8 cm³/mol. The molecule has 3 rings (SSSR count). The van der Waals surface area contributed by atoms with E-state index in [0.29, 0.717) is 22.1 Å². The molecular formula is C13H8ClN3O. The van der Waals surface area contributed by atoms with E-state index < -0.39 is 0 Å². The first kappa shape index (κ1) is 10.9. The highest BCUT2D eigenvalue weighted by Crippen LogP contribution is 2.19. The molecule has 0 amide bonds. The van der Waals surface area contributed by atoms with E-state index in [-0.39, 0.29) is 0 Å². The Morgan fingerprint density at radius 3 is 2.67 bits per heavy atom. The van der Waals surface area contributed by atoms with Gasteiger partial charge in [-0.15, -0.1) is 5.10 Å². The summed E-state index contributed by atoms with van der Waals surface area (Å²) < 4.78 is 1.59. The second-order valence-electron chi connectivity index (χ2n) is 3.79. The molecule has 0 aliphatic heterocycles. The summed E-state index contributed by atoms with van der Waals surface area (Å²) in [6.07, 6.45) is 2.53. The van der Waals surface area contributed by atoms with Gasteiger partial charge in [0.25, 0.3) is 0 Å². The van der Waals surface area contributed by atoms with Gasteiger partial charge in [-0.25, -0.2) is 9.50 Å². The number of halogens is 1. The number of benzene rings is 1. The Kier molecular flexibility index (Phi) is 2.57. The van der Waals surface area contributed by atoms with Crippen LogP contribution in [0.1, 0.15) is 10.4 Å². The second-order valence-corrected chi connectivity index (χ2v) is 4.23. The minimum Gasteiger partial charge on any atom is -0.298 e. The number of carbonyl (C=O) groups is 1. The molecular weight excluding hydrogens is 250 g/mol. The van der Waals surface area contributed by atoms with Crippen LogP contribution in [-0.4, -0.2) is 20.9 Å². The molecule has 0 fully saturated rings. The molecule has 4 nitrogen and oxygen atoms in total. The Morgan fingerprint density at radius 1 is 1.17 bits per heavy atom. The maximum atomic E-state index is 10.9. The van der Waals surface area contributed by atoms with Gasteiger partial charge in [0.15, 0.2) is 17.8 Å². The van der Waals surface area contributed by atoms with Gasteiger partial charge in [-0.05, 0) is 36.4 Å². The number of aldehydes is 1. The van der Waals surface area contributed by atoms with Gasteiger partial charge < -0.3 is 0 Å². The Labute approximate surface area is 108 Å². The molecule has 0 bridgehead atoms. The maximum absolute atomic E-state index is 10.9. The van der Waals surface area contributed by atoms with E-state index in [1.807, 2.05) is 12.1 Å². The van der Waals surface area contributed by atoms with Crippen molar-refractivity contribution in [2.24, 2.45) is 0 Å². The van der Waals surface area contributed by atoms with Crippen LogP contribution in [0.15, 0.2) is 42.6 Å². The Bertz CT molecular complexity index is 719. The third-order valence-electron chi connectivity index (χ3n) is 2.62. The van der Waals surface area contributed by atoms with Crippen molar-refractivity contribution in [1.29, 1.82) is 0 Å². The summed E-state index contributed by atoms with van der Waals surface area (Å²) in [6.45, 7) is 0. The number of carbonyl (C=O) groups excluding carboxylic acids is 1. The molecule has 0 atom stereocenters. The normalized spacial score (nSPS) is 10.7. The molecule has 2 aromatic heterocycles. The first-order chi connectivity index (χ1) is 8.78. The molecule has 0 aliphatic rings. The Balaban J connectivity index is 2.19. The summed E-state index contributed by atoms with van der Waals surface area (Å²) in [5, 5.41) is 4.99. The highest BCUT2D eigenvalue weighted by molar-refractivity contribution is 6.30. The molecule has 0 spiro atoms. The Hall–Kier alpha value is -2.20. The monoisotopic (exact) mass is 257 g/mol. The Morgan fingerprint density at radius 2 is 1.94 bits per heavy atom. The zero-order valence-electron chi connectivity index (χ0n) is 9.25. The summed E-state index contributed by atoms with van der Waals surface area (Å²) in [5.74, 6) is 0.570. The standard InChI is InChI=1S/C13H8ClN3O/c14-11-5-3-9(4-6-11)12-15-13-10(8-18)2-1-7-17(13)16-12/h1-8H. The first-order valence-corrected chi connectivity index (χ1v) is 5.72. The van der Waals surface area contributed by atoms with Crippen molar-refractivity contribution in [3.05, 3.63) is 53.2 Å². The van der Waals surface area contributed by atoms with E-state index in [1.165, 1.54) is 0 Å². The van der Waals surface area contributed by atoms with Crippen molar-refractivity contribution < 1.29 is 4.79 Å². The molecule has 2 heterocycles. The number of aromatic nitrogens is 3. The molecule has 0 unspecified atom stereocenters. The van der Waals surface area contributed by atoms with Crippen LogP contribution in [0.4, 0.5) is 0 Å². The summed E-state index contributed by atoms with van der Waals surface area (Å²) in [4.78, 5) is 15.3. The molecule has 0 aliphatic carbocycles. The van der Waals surface area contributed by atoms with E-state index in [4.69, 9.17) is 11.6 Å². The first-order valence-electron chi connectivity index (χ1n) is 5.34. The topological polar surface area (TPSA) is 47.3 Å². The SMILES string of the molecule is O=Cc1cccn2nc(-c3ccc(Cl)cc3)nc12. The zero-order chi connectivity index (χ0) is 12.5. The summed E-state index contributed by atoms with van der Waals surface area (Å²) >= 11 is 5.83. The fourth-order valence-corrected chi connectivity index (χ4v) is 1.87. The summed E-state index contributed by atoms with van der Waals surface area (Å²) in [5.41, 5.74) is 1.93. The zero-order valence-corrected chi connectivity index (χ0v) is 10.0. The second kappa shape index (κ2) is 4.23. The van der Waals surface area contributed by atoms with Crippen molar-refractivity contribution >= 4 is 23.5 Å². The van der Waals surface area contributed by atoms with Gasteiger partial charge in [-0.1, -0.05) is 11.6 Å². The summed E-state index contributed by atoms with van der Waals surface area (Å²) in [6, 6.07) is 10.7. The van der Waals surface area contributed by atoms with Crippen LogP contribution < -0.4 is 0 Å².